The topological polar surface area (TPSA) is 53.9 Å². The van der Waals surface area contributed by atoms with Gasteiger partial charge in [-0.3, -0.25) is 9.69 Å². The number of nitrogens with zero attached hydrogens (tertiary/aromatic N) is 3. The van der Waals surface area contributed by atoms with E-state index in [0.29, 0.717) is 11.8 Å². The van der Waals surface area contributed by atoms with Crippen LogP contribution in [0.4, 0.5) is 0 Å². The number of nitrogens with one attached hydrogen (secondary N) is 1. The minimum absolute atomic E-state index is 0.0711. The van der Waals surface area contributed by atoms with Crippen LogP contribution in [0.1, 0.15) is 35.1 Å². The van der Waals surface area contributed by atoms with Crippen LogP contribution in [0.25, 0.3) is 0 Å². The molecular formula is C17H22N4O. The summed E-state index contributed by atoms with van der Waals surface area (Å²) in [5.74, 6) is 1.80. The molecule has 0 amide bonds. The molecule has 1 aliphatic heterocycles. The average Bonchev–Trinajstić information content (AvgIpc) is 3.05. The summed E-state index contributed by atoms with van der Waals surface area (Å²) in [5.41, 5.74) is 3.40. The predicted octanol–water partition coefficient (Wildman–Crippen LogP) is 1.58. The van der Waals surface area contributed by atoms with Gasteiger partial charge in [0.25, 0.3) is 5.56 Å². The van der Waals surface area contributed by atoms with E-state index in [4.69, 9.17) is 0 Å². The highest BCUT2D eigenvalue weighted by atomic mass is 16.1. The van der Waals surface area contributed by atoms with Gasteiger partial charge in [-0.2, -0.15) is 0 Å². The molecule has 3 heterocycles. The van der Waals surface area contributed by atoms with E-state index < -0.39 is 0 Å². The smallest absolute Gasteiger partial charge is 0.254 e. The third kappa shape index (κ3) is 2.20. The van der Waals surface area contributed by atoms with E-state index in [1.54, 1.807) is 0 Å². The Morgan fingerprint density at radius 2 is 2.27 bits per heavy atom. The molecule has 1 N–H and O–H groups in total. The van der Waals surface area contributed by atoms with Crippen LogP contribution in [0.5, 0.6) is 0 Å². The zero-order valence-electron chi connectivity index (χ0n) is 13.2. The molecule has 0 saturated carbocycles. The monoisotopic (exact) mass is 298 g/mol. The number of hydrogen-bond acceptors (Lipinski definition) is 3. The molecule has 0 radical (unpaired) electrons. The van der Waals surface area contributed by atoms with Crippen LogP contribution in [0.2, 0.25) is 0 Å². The molecule has 0 spiro atoms. The number of aromatic amines is 1. The Kier molecular flexibility index (Phi) is 3.18. The summed E-state index contributed by atoms with van der Waals surface area (Å²) < 4.78 is 2.18. The van der Waals surface area contributed by atoms with Crippen LogP contribution in [0.15, 0.2) is 23.1 Å². The highest BCUT2D eigenvalue weighted by Gasteiger charge is 2.39. The summed E-state index contributed by atoms with van der Waals surface area (Å²) in [6.45, 7) is 4.98. The summed E-state index contributed by atoms with van der Waals surface area (Å²) in [6.07, 6.45) is 4.07. The summed E-state index contributed by atoms with van der Waals surface area (Å²) >= 11 is 0. The van der Waals surface area contributed by atoms with E-state index >= 15 is 0 Å². The van der Waals surface area contributed by atoms with Crippen LogP contribution >= 0.6 is 0 Å². The van der Waals surface area contributed by atoms with Gasteiger partial charge < -0.3 is 9.55 Å². The van der Waals surface area contributed by atoms with Crippen LogP contribution in [0.3, 0.4) is 0 Å². The van der Waals surface area contributed by atoms with Crippen molar-refractivity contribution in [3.63, 3.8) is 0 Å². The van der Waals surface area contributed by atoms with Gasteiger partial charge in [-0.15, -0.1) is 0 Å². The van der Waals surface area contributed by atoms with E-state index in [1.165, 1.54) is 5.69 Å². The molecule has 2 aromatic rings. The van der Waals surface area contributed by atoms with Gasteiger partial charge in [0.05, 0.1) is 5.69 Å². The van der Waals surface area contributed by atoms with Crippen LogP contribution < -0.4 is 5.56 Å². The highest BCUT2D eigenvalue weighted by molar-refractivity contribution is 5.28. The van der Waals surface area contributed by atoms with E-state index in [-0.39, 0.29) is 5.56 Å². The van der Waals surface area contributed by atoms with Crippen molar-refractivity contribution in [3.05, 3.63) is 51.5 Å². The van der Waals surface area contributed by atoms with E-state index in [0.717, 1.165) is 49.6 Å². The van der Waals surface area contributed by atoms with Crippen LogP contribution in [-0.2, 0) is 20.0 Å². The number of likely N-dealkylation sites (tertiary alicyclic amines) is 1. The van der Waals surface area contributed by atoms with Crippen molar-refractivity contribution in [1.82, 2.24) is 19.4 Å². The van der Waals surface area contributed by atoms with Crippen LogP contribution in [0, 0.1) is 12.8 Å². The first-order valence-electron chi connectivity index (χ1n) is 8.04. The summed E-state index contributed by atoms with van der Waals surface area (Å²) in [5, 5.41) is 0. The second-order valence-corrected chi connectivity index (χ2v) is 6.72. The largest absolute Gasteiger partial charge is 0.353 e. The first-order valence-corrected chi connectivity index (χ1v) is 8.04. The van der Waals surface area contributed by atoms with Crippen LogP contribution in [-0.4, -0.2) is 32.5 Å². The lowest BCUT2D eigenvalue weighted by Crippen LogP contribution is -2.28. The van der Waals surface area contributed by atoms with Crippen molar-refractivity contribution in [2.75, 3.05) is 13.1 Å². The second kappa shape index (κ2) is 5.09. The van der Waals surface area contributed by atoms with Gasteiger partial charge >= 0.3 is 0 Å². The molecule has 4 rings (SSSR count). The minimum Gasteiger partial charge on any atom is -0.353 e. The predicted molar refractivity (Wildman–Crippen MR) is 84.8 cm³/mol. The van der Waals surface area contributed by atoms with Crippen molar-refractivity contribution in [3.8, 4) is 0 Å². The van der Waals surface area contributed by atoms with Crippen molar-refractivity contribution in [2.45, 2.75) is 32.2 Å². The standard InChI is InChI=1S/C17H22N4O/c1-11-18-16-14(17(22)19-11)6-5-12-8-21(10-15(12)16)9-13-4-3-7-20(13)2/h3-4,7,12,15H,5-6,8-10H2,1-2H3,(H,18,19,22)/t12-,15+/m1/s1. The fraction of sp³-hybridized carbons (Fsp3) is 0.529. The average molecular weight is 298 g/mol. The van der Waals surface area contributed by atoms with Gasteiger partial charge in [0.1, 0.15) is 5.82 Å². The SMILES string of the molecule is Cc1nc2c(c(=O)[nH]1)CC[C@@H]1CN(Cc3cccn3C)C[C@H]21. The molecule has 5 heteroatoms. The molecule has 1 saturated heterocycles. The molecule has 0 bridgehead atoms. The Morgan fingerprint density at radius 1 is 1.41 bits per heavy atom. The molecular weight excluding hydrogens is 276 g/mol. The lowest BCUT2D eigenvalue weighted by atomic mass is 9.80. The Balaban J connectivity index is 1.60. The number of rotatable bonds is 2. The summed E-state index contributed by atoms with van der Waals surface area (Å²) in [6, 6.07) is 4.28. The minimum atomic E-state index is 0.0711. The molecule has 0 aromatic carbocycles. The van der Waals surface area contributed by atoms with Crippen molar-refractivity contribution in [2.24, 2.45) is 13.0 Å². The maximum Gasteiger partial charge on any atom is 0.254 e. The Hall–Kier alpha value is -1.88. The number of fused-ring (bicyclic) bond motifs is 3. The molecule has 2 aliphatic rings. The fourth-order valence-corrected chi connectivity index (χ4v) is 4.09. The molecule has 1 fully saturated rings. The molecule has 2 atom stereocenters. The number of H-pyrrole nitrogens is 1. The summed E-state index contributed by atoms with van der Waals surface area (Å²) in [7, 11) is 2.10. The lowest BCUT2D eigenvalue weighted by Gasteiger charge is -2.25. The molecule has 5 nitrogen and oxygen atoms in total. The second-order valence-electron chi connectivity index (χ2n) is 6.72. The number of aromatic nitrogens is 3. The molecule has 116 valence electrons. The van der Waals surface area contributed by atoms with Crippen molar-refractivity contribution in [1.29, 1.82) is 0 Å². The third-order valence-corrected chi connectivity index (χ3v) is 5.24. The maximum absolute atomic E-state index is 12.1. The Morgan fingerprint density at radius 3 is 3.05 bits per heavy atom. The van der Waals surface area contributed by atoms with Crippen molar-refractivity contribution < 1.29 is 0 Å². The lowest BCUT2D eigenvalue weighted by molar-refractivity contribution is 0.306. The molecule has 2 aromatic heterocycles. The number of aryl methyl sites for hydroxylation is 2. The van der Waals surface area contributed by atoms with Gasteiger partial charge in [0.2, 0.25) is 0 Å². The van der Waals surface area contributed by atoms with Gasteiger partial charge in [0, 0.05) is 50.1 Å². The summed E-state index contributed by atoms with van der Waals surface area (Å²) in [4.78, 5) is 22.2. The fourth-order valence-electron chi connectivity index (χ4n) is 4.09. The highest BCUT2D eigenvalue weighted by Crippen LogP contribution is 2.39. The van der Waals surface area contributed by atoms with Gasteiger partial charge in [0.15, 0.2) is 0 Å². The Bertz CT molecular complexity index is 760. The molecule has 1 aliphatic carbocycles. The van der Waals surface area contributed by atoms with Gasteiger partial charge in [-0.05, 0) is 37.8 Å². The zero-order valence-corrected chi connectivity index (χ0v) is 13.2. The Labute approximate surface area is 130 Å². The van der Waals surface area contributed by atoms with Gasteiger partial charge in [-0.1, -0.05) is 0 Å². The molecule has 22 heavy (non-hydrogen) atoms. The van der Waals surface area contributed by atoms with E-state index in [2.05, 4.69) is 44.8 Å². The molecule has 0 unspecified atom stereocenters. The van der Waals surface area contributed by atoms with Crippen molar-refractivity contribution >= 4 is 0 Å². The maximum atomic E-state index is 12.1. The first kappa shape index (κ1) is 13.8. The zero-order chi connectivity index (χ0) is 15.3. The number of hydrogen-bond donors (Lipinski definition) is 1. The normalized spacial score (nSPS) is 24.3. The quantitative estimate of drug-likeness (QED) is 0.916. The third-order valence-electron chi connectivity index (χ3n) is 5.24. The first-order chi connectivity index (χ1) is 10.6. The van der Waals surface area contributed by atoms with E-state index in [1.807, 2.05) is 6.92 Å². The van der Waals surface area contributed by atoms with Gasteiger partial charge in [-0.25, -0.2) is 4.98 Å². The van der Waals surface area contributed by atoms with E-state index in [9.17, 15) is 4.79 Å².